The van der Waals surface area contributed by atoms with Gasteiger partial charge in [-0.3, -0.25) is 4.79 Å². The molecular formula is C13H17ClF3N3O. The van der Waals surface area contributed by atoms with Crippen molar-refractivity contribution < 1.29 is 18.0 Å². The Morgan fingerprint density at radius 1 is 1.43 bits per heavy atom. The fourth-order valence-electron chi connectivity index (χ4n) is 1.50. The number of rotatable bonds is 6. The van der Waals surface area contributed by atoms with E-state index in [1.165, 1.54) is 0 Å². The van der Waals surface area contributed by atoms with Crippen molar-refractivity contribution in [2.45, 2.75) is 38.9 Å². The van der Waals surface area contributed by atoms with Gasteiger partial charge in [0.2, 0.25) is 5.91 Å². The molecule has 21 heavy (non-hydrogen) atoms. The maximum absolute atomic E-state index is 12.6. The summed E-state index contributed by atoms with van der Waals surface area (Å²) >= 11 is 5.55. The average molecular weight is 324 g/mol. The van der Waals surface area contributed by atoms with Crippen LogP contribution in [0.2, 0.25) is 5.15 Å². The van der Waals surface area contributed by atoms with E-state index in [1.54, 1.807) is 0 Å². The highest BCUT2D eigenvalue weighted by Gasteiger charge is 2.31. The van der Waals surface area contributed by atoms with Crippen LogP contribution in [-0.2, 0) is 11.0 Å². The Morgan fingerprint density at radius 2 is 2.10 bits per heavy atom. The number of hydrogen-bond acceptors (Lipinski definition) is 3. The first-order chi connectivity index (χ1) is 9.72. The molecule has 0 spiro atoms. The SMILES string of the molecule is CCC(C)NC(=O)CCNc1cc(C(F)(F)F)cc(Cl)n1. The lowest BCUT2D eigenvalue weighted by molar-refractivity contribution is -0.137. The second-order valence-corrected chi connectivity index (χ2v) is 5.00. The molecule has 0 saturated heterocycles. The highest BCUT2D eigenvalue weighted by Crippen LogP contribution is 2.31. The number of pyridine rings is 1. The van der Waals surface area contributed by atoms with E-state index < -0.39 is 11.7 Å². The largest absolute Gasteiger partial charge is 0.416 e. The highest BCUT2D eigenvalue weighted by molar-refractivity contribution is 6.29. The number of nitrogens with zero attached hydrogens (tertiary/aromatic N) is 1. The van der Waals surface area contributed by atoms with E-state index in [9.17, 15) is 18.0 Å². The molecule has 0 aliphatic carbocycles. The molecule has 1 atom stereocenters. The van der Waals surface area contributed by atoms with Crippen molar-refractivity contribution in [3.05, 3.63) is 22.8 Å². The van der Waals surface area contributed by atoms with Gasteiger partial charge >= 0.3 is 6.18 Å². The number of nitrogens with one attached hydrogen (secondary N) is 2. The van der Waals surface area contributed by atoms with Gasteiger partial charge in [-0.1, -0.05) is 18.5 Å². The number of halogens is 4. The van der Waals surface area contributed by atoms with Crippen LogP contribution in [0.4, 0.5) is 19.0 Å². The summed E-state index contributed by atoms with van der Waals surface area (Å²) in [7, 11) is 0. The Labute approximate surface area is 126 Å². The minimum Gasteiger partial charge on any atom is -0.369 e. The van der Waals surface area contributed by atoms with Gasteiger partial charge in [-0.15, -0.1) is 0 Å². The first kappa shape index (κ1) is 17.6. The fraction of sp³-hybridized carbons (Fsp3) is 0.538. The second kappa shape index (κ2) is 7.49. The van der Waals surface area contributed by atoms with Gasteiger partial charge in [0, 0.05) is 19.0 Å². The van der Waals surface area contributed by atoms with Gasteiger partial charge in [-0.05, 0) is 25.5 Å². The number of amides is 1. The second-order valence-electron chi connectivity index (χ2n) is 4.62. The Hall–Kier alpha value is -1.50. The molecular weight excluding hydrogens is 307 g/mol. The smallest absolute Gasteiger partial charge is 0.369 e. The zero-order valence-corrected chi connectivity index (χ0v) is 12.5. The van der Waals surface area contributed by atoms with Crippen LogP contribution in [0.25, 0.3) is 0 Å². The van der Waals surface area contributed by atoms with Crippen molar-refractivity contribution in [3.8, 4) is 0 Å². The fourth-order valence-corrected chi connectivity index (χ4v) is 1.71. The maximum Gasteiger partial charge on any atom is 0.416 e. The summed E-state index contributed by atoms with van der Waals surface area (Å²) in [5, 5.41) is 5.17. The van der Waals surface area contributed by atoms with Crippen molar-refractivity contribution >= 4 is 23.3 Å². The van der Waals surface area contributed by atoms with Gasteiger partial charge in [-0.25, -0.2) is 4.98 Å². The number of carbonyl (C=O) groups is 1. The lowest BCUT2D eigenvalue weighted by Crippen LogP contribution is -2.33. The Kier molecular flexibility index (Phi) is 6.26. The number of anilines is 1. The molecule has 118 valence electrons. The van der Waals surface area contributed by atoms with Crippen molar-refractivity contribution in [2.24, 2.45) is 0 Å². The molecule has 2 N–H and O–H groups in total. The third-order valence-corrected chi connectivity index (χ3v) is 2.99. The lowest BCUT2D eigenvalue weighted by atomic mass is 10.2. The molecule has 0 aliphatic heterocycles. The van der Waals surface area contributed by atoms with Crippen molar-refractivity contribution in [2.75, 3.05) is 11.9 Å². The summed E-state index contributed by atoms with van der Waals surface area (Å²) in [5.74, 6) is -0.180. The van der Waals surface area contributed by atoms with Crippen molar-refractivity contribution in [1.29, 1.82) is 0 Å². The molecule has 4 nitrogen and oxygen atoms in total. The third-order valence-electron chi connectivity index (χ3n) is 2.80. The lowest BCUT2D eigenvalue weighted by Gasteiger charge is -2.13. The van der Waals surface area contributed by atoms with Gasteiger partial charge in [-0.2, -0.15) is 13.2 Å². The predicted octanol–water partition coefficient (Wildman–Crippen LogP) is 3.47. The Bertz CT molecular complexity index is 494. The third kappa shape index (κ3) is 6.20. The maximum atomic E-state index is 12.6. The van der Waals surface area contributed by atoms with Gasteiger partial charge < -0.3 is 10.6 Å². The molecule has 1 heterocycles. The molecule has 1 amide bonds. The van der Waals surface area contributed by atoms with Crippen LogP contribution < -0.4 is 10.6 Å². The number of aromatic nitrogens is 1. The van der Waals surface area contributed by atoms with E-state index in [2.05, 4.69) is 15.6 Å². The van der Waals surface area contributed by atoms with Crippen LogP contribution in [0.3, 0.4) is 0 Å². The summed E-state index contributed by atoms with van der Waals surface area (Å²) in [6.45, 7) is 3.99. The van der Waals surface area contributed by atoms with Crippen LogP contribution in [0, 0.1) is 0 Å². The minimum absolute atomic E-state index is 0.00818. The first-order valence-electron chi connectivity index (χ1n) is 6.50. The Morgan fingerprint density at radius 3 is 2.67 bits per heavy atom. The minimum atomic E-state index is -4.49. The number of hydrogen-bond donors (Lipinski definition) is 2. The van der Waals surface area contributed by atoms with Gasteiger partial charge in [0.1, 0.15) is 11.0 Å². The molecule has 1 aromatic rings. The van der Waals surface area contributed by atoms with E-state index in [1.807, 2.05) is 13.8 Å². The number of carbonyl (C=O) groups excluding carboxylic acids is 1. The van der Waals surface area contributed by atoms with E-state index in [0.29, 0.717) is 0 Å². The van der Waals surface area contributed by atoms with Crippen LogP contribution in [0.15, 0.2) is 12.1 Å². The summed E-state index contributed by atoms with van der Waals surface area (Å²) in [6.07, 6.45) is -3.54. The van der Waals surface area contributed by atoms with Crippen LogP contribution >= 0.6 is 11.6 Å². The monoisotopic (exact) mass is 323 g/mol. The van der Waals surface area contributed by atoms with Crippen LogP contribution in [0.5, 0.6) is 0 Å². The summed E-state index contributed by atoms with van der Waals surface area (Å²) in [5.41, 5.74) is -0.881. The van der Waals surface area contributed by atoms with E-state index >= 15 is 0 Å². The first-order valence-corrected chi connectivity index (χ1v) is 6.88. The van der Waals surface area contributed by atoms with Crippen LogP contribution in [0.1, 0.15) is 32.3 Å². The van der Waals surface area contributed by atoms with E-state index in [0.717, 1.165) is 18.6 Å². The summed E-state index contributed by atoms with van der Waals surface area (Å²) < 4.78 is 37.8. The van der Waals surface area contributed by atoms with E-state index in [4.69, 9.17) is 11.6 Å². The van der Waals surface area contributed by atoms with Gasteiger partial charge in [0.15, 0.2) is 0 Å². The van der Waals surface area contributed by atoms with Crippen molar-refractivity contribution in [3.63, 3.8) is 0 Å². The quantitative estimate of drug-likeness (QED) is 0.788. The highest BCUT2D eigenvalue weighted by atomic mass is 35.5. The van der Waals surface area contributed by atoms with E-state index in [-0.39, 0.29) is 35.9 Å². The molecule has 0 saturated carbocycles. The molecule has 1 rings (SSSR count). The average Bonchev–Trinajstić information content (AvgIpc) is 2.36. The normalized spacial score (nSPS) is 12.9. The van der Waals surface area contributed by atoms with Gasteiger partial charge in [0.05, 0.1) is 5.56 Å². The standard InChI is InChI=1S/C13H17ClF3N3O/c1-3-8(2)19-12(21)4-5-18-11-7-9(13(15,16)17)6-10(14)20-11/h6-8H,3-5H2,1-2H3,(H,18,20)(H,19,21). The zero-order chi connectivity index (χ0) is 16.0. The molecule has 1 aromatic heterocycles. The topological polar surface area (TPSA) is 54.0 Å². The molecule has 0 radical (unpaired) electrons. The molecule has 0 aliphatic rings. The van der Waals surface area contributed by atoms with Crippen molar-refractivity contribution in [1.82, 2.24) is 10.3 Å². The molecule has 0 bridgehead atoms. The number of alkyl halides is 3. The summed E-state index contributed by atoms with van der Waals surface area (Å²) in [4.78, 5) is 15.3. The predicted molar refractivity (Wildman–Crippen MR) is 75.3 cm³/mol. The van der Waals surface area contributed by atoms with Gasteiger partial charge in [0.25, 0.3) is 0 Å². The Balaban J connectivity index is 2.56. The molecule has 1 unspecified atom stereocenters. The molecule has 0 aromatic carbocycles. The molecule has 0 fully saturated rings. The molecule has 8 heteroatoms. The zero-order valence-electron chi connectivity index (χ0n) is 11.7. The summed E-state index contributed by atoms with van der Waals surface area (Å²) in [6, 6.07) is 1.68. The van der Waals surface area contributed by atoms with Crippen LogP contribution in [-0.4, -0.2) is 23.5 Å².